The summed E-state index contributed by atoms with van der Waals surface area (Å²) in [6.07, 6.45) is 2.25. The molecule has 1 aliphatic rings. The number of rotatable bonds is 10. The van der Waals surface area contributed by atoms with E-state index in [1.165, 1.54) is 0 Å². The molecule has 0 saturated carbocycles. The minimum Gasteiger partial charge on any atom is -0.497 e. The van der Waals surface area contributed by atoms with Crippen LogP contribution in [0.25, 0.3) is 0 Å². The molecular weight excluding hydrogens is 438 g/mol. The molecule has 7 nitrogen and oxygen atoms in total. The summed E-state index contributed by atoms with van der Waals surface area (Å²) in [4.78, 5) is 15.6. The van der Waals surface area contributed by atoms with Gasteiger partial charge in [0.2, 0.25) is 15.9 Å². The number of nitrogens with one attached hydrogen (secondary N) is 2. The highest BCUT2D eigenvalue weighted by molar-refractivity contribution is 7.89. The van der Waals surface area contributed by atoms with E-state index in [0.717, 1.165) is 42.8 Å². The number of carbonyl (C=O) groups is 1. The number of hydrogen-bond acceptors (Lipinski definition) is 5. The highest BCUT2D eigenvalue weighted by Crippen LogP contribution is 2.27. The number of carbonyl (C=O) groups excluding carboxylic acids is 1. The lowest BCUT2D eigenvalue weighted by molar-refractivity contribution is -0.123. The van der Waals surface area contributed by atoms with E-state index in [-0.39, 0.29) is 22.8 Å². The summed E-state index contributed by atoms with van der Waals surface area (Å²) < 4.78 is 33.8. The van der Waals surface area contributed by atoms with Crippen LogP contribution in [-0.4, -0.2) is 52.0 Å². The number of ether oxygens (including phenoxy) is 1. The monoisotopic (exact) mass is 473 g/mol. The zero-order valence-corrected chi connectivity index (χ0v) is 20.7. The first-order valence-electron chi connectivity index (χ1n) is 11.5. The van der Waals surface area contributed by atoms with E-state index < -0.39 is 16.1 Å². The van der Waals surface area contributed by atoms with Gasteiger partial charge in [0.05, 0.1) is 18.0 Å². The number of hydrogen-bond donors (Lipinski definition) is 2. The fourth-order valence-electron chi connectivity index (χ4n) is 4.11. The van der Waals surface area contributed by atoms with Crippen molar-refractivity contribution in [2.24, 2.45) is 5.92 Å². The van der Waals surface area contributed by atoms with Gasteiger partial charge < -0.3 is 10.1 Å². The van der Waals surface area contributed by atoms with Crippen molar-refractivity contribution in [2.75, 3.05) is 26.7 Å². The Morgan fingerprint density at radius 1 is 1.09 bits per heavy atom. The molecule has 1 heterocycles. The van der Waals surface area contributed by atoms with Gasteiger partial charge in [-0.15, -0.1) is 0 Å². The van der Waals surface area contributed by atoms with Crippen LogP contribution in [0.5, 0.6) is 5.75 Å². The number of likely N-dealkylation sites (tertiary alicyclic amines) is 1. The van der Waals surface area contributed by atoms with Gasteiger partial charge in [0.1, 0.15) is 11.8 Å². The van der Waals surface area contributed by atoms with Gasteiger partial charge in [-0.05, 0) is 68.6 Å². The van der Waals surface area contributed by atoms with E-state index in [0.29, 0.717) is 6.54 Å². The van der Waals surface area contributed by atoms with Crippen molar-refractivity contribution in [1.82, 2.24) is 14.9 Å². The third-order valence-corrected chi connectivity index (χ3v) is 7.55. The first-order valence-corrected chi connectivity index (χ1v) is 12.9. The van der Waals surface area contributed by atoms with Gasteiger partial charge >= 0.3 is 0 Å². The molecule has 1 amide bonds. The average molecular weight is 474 g/mol. The average Bonchev–Trinajstić information content (AvgIpc) is 3.32. The number of amides is 1. The lowest BCUT2D eigenvalue weighted by atomic mass is 10.0. The van der Waals surface area contributed by atoms with Gasteiger partial charge in [0, 0.05) is 6.54 Å². The fraction of sp³-hybridized carbons (Fsp3) is 0.480. The second-order valence-corrected chi connectivity index (χ2v) is 10.7. The molecule has 3 rings (SSSR count). The predicted octanol–water partition coefficient (Wildman–Crippen LogP) is 3.26. The van der Waals surface area contributed by atoms with Crippen LogP contribution in [0.3, 0.4) is 0 Å². The van der Waals surface area contributed by atoms with Crippen molar-refractivity contribution in [1.29, 1.82) is 0 Å². The summed E-state index contributed by atoms with van der Waals surface area (Å²) in [6, 6.07) is 13.6. The van der Waals surface area contributed by atoms with E-state index in [1.807, 2.05) is 45.0 Å². The summed E-state index contributed by atoms with van der Waals surface area (Å²) in [6.45, 7) is 7.88. The second kappa shape index (κ2) is 11.1. The van der Waals surface area contributed by atoms with E-state index in [4.69, 9.17) is 4.74 Å². The number of aryl methyl sites for hydroxylation is 1. The second-order valence-electron chi connectivity index (χ2n) is 8.94. The number of benzene rings is 2. The molecule has 1 aliphatic heterocycles. The summed E-state index contributed by atoms with van der Waals surface area (Å²) in [5.74, 6) is 0.231. The standard InChI is InChI=1S/C25H35N3O4S/c1-18(2)24(27-33(30,31)22-12-10-19(3)11-13-22)25(29)26-17-23(28-14-5-6-15-28)20-8-7-9-21(16-20)32-4/h7-13,16,18,23-24,27H,5-6,14-15,17H2,1-4H3,(H,26,29). The Morgan fingerprint density at radius 2 is 1.76 bits per heavy atom. The Morgan fingerprint density at radius 3 is 2.36 bits per heavy atom. The van der Waals surface area contributed by atoms with Crippen LogP contribution in [0.1, 0.15) is 43.9 Å². The Hall–Kier alpha value is -2.42. The highest BCUT2D eigenvalue weighted by atomic mass is 32.2. The molecule has 2 aromatic carbocycles. The van der Waals surface area contributed by atoms with Gasteiger partial charge in [-0.25, -0.2) is 8.42 Å². The maximum absolute atomic E-state index is 13.1. The zero-order chi connectivity index (χ0) is 24.0. The Labute approximate surface area is 197 Å². The normalized spacial score (nSPS) is 16.5. The van der Waals surface area contributed by atoms with Gasteiger partial charge in [0.25, 0.3) is 0 Å². The minimum absolute atomic E-state index is 0.00642. The number of nitrogens with zero attached hydrogens (tertiary/aromatic N) is 1. The Kier molecular flexibility index (Phi) is 8.51. The summed E-state index contributed by atoms with van der Waals surface area (Å²) in [5, 5.41) is 3.01. The van der Waals surface area contributed by atoms with Crippen molar-refractivity contribution in [3.05, 3.63) is 59.7 Å². The van der Waals surface area contributed by atoms with Crippen LogP contribution in [0, 0.1) is 12.8 Å². The first kappa shape index (κ1) is 25.2. The van der Waals surface area contributed by atoms with Crippen LogP contribution in [0.4, 0.5) is 0 Å². The summed E-state index contributed by atoms with van der Waals surface area (Å²) in [7, 11) is -2.18. The van der Waals surface area contributed by atoms with Gasteiger partial charge in [-0.2, -0.15) is 4.72 Å². The third-order valence-electron chi connectivity index (χ3n) is 6.09. The van der Waals surface area contributed by atoms with Crippen molar-refractivity contribution in [2.45, 2.75) is 50.6 Å². The van der Waals surface area contributed by atoms with Crippen molar-refractivity contribution >= 4 is 15.9 Å². The van der Waals surface area contributed by atoms with Crippen LogP contribution < -0.4 is 14.8 Å². The molecular formula is C25H35N3O4S. The van der Waals surface area contributed by atoms with E-state index >= 15 is 0 Å². The molecule has 2 N–H and O–H groups in total. The lowest BCUT2D eigenvalue weighted by Gasteiger charge is -2.30. The Bertz CT molecular complexity index is 1030. The van der Waals surface area contributed by atoms with E-state index in [1.54, 1.807) is 31.4 Å². The van der Waals surface area contributed by atoms with Gasteiger partial charge in [-0.1, -0.05) is 43.7 Å². The zero-order valence-electron chi connectivity index (χ0n) is 19.9. The molecule has 1 fully saturated rings. The Balaban J connectivity index is 1.74. The maximum atomic E-state index is 13.1. The largest absolute Gasteiger partial charge is 0.497 e. The lowest BCUT2D eigenvalue weighted by Crippen LogP contribution is -2.51. The molecule has 1 saturated heterocycles. The van der Waals surface area contributed by atoms with Crippen molar-refractivity contribution < 1.29 is 17.9 Å². The van der Waals surface area contributed by atoms with Crippen LogP contribution in [0.2, 0.25) is 0 Å². The molecule has 2 unspecified atom stereocenters. The summed E-state index contributed by atoms with van der Waals surface area (Å²) >= 11 is 0. The molecule has 2 aromatic rings. The van der Waals surface area contributed by atoms with Crippen LogP contribution in [0.15, 0.2) is 53.4 Å². The topological polar surface area (TPSA) is 87.7 Å². The third kappa shape index (κ3) is 6.56. The van der Waals surface area contributed by atoms with Crippen LogP contribution in [-0.2, 0) is 14.8 Å². The van der Waals surface area contributed by atoms with E-state index in [2.05, 4.69) is 14.9 Å². The molecule has 33 heavy (non-hydrogen) atoms. The number of sulfonamides is 1. The summed E-state index contributed by atoms with van der Waals surface area (Å²) in [5.41, 5.74) is 2.04. The molecule has 0 spiro atoms. The molecule has 0 aromatic heterocycles. The van der Waals surface area contributed by atoms with Crippen molar-refractivity contribution in [3.63, 3.8) is 0 Å². The minimum atomic E-state index is -3.82. The molecule has 0 aliphatic carbocycles. The molecule has 0 radical (unpaired) electrons. The molecule has 180 valence electrons. The highest BCUT2D eigenvalue weighted by Gasteiger charge is 2.30. The van der Waals surface area contributed by atoms with Gasteiger partial charge in [-0.3, -0.25) is 9.69 Å². The molecule has 0 bridgehead atoms. The quantitative estimate of drug-likeness (QED) is 0.553. The fourth-order valence-corrected chi connectivity index (χ4v) is 5.46. The molecule has 2 atom stereocenters. The van der Waals surface area contributed by atoms with E-state index in [9.17, 15) is 13.2 Å². The molecule has 8 heteroatoms. The predicted molar refractivity (Wildman–Crippen MR) is 130 cm³/mol. The first-order chi connectivity index (χ1) is 15.7. The van der Waals surface area contributed by atoms with Crippen molar-refractivity contribution in [3.8, 4) is 5.75 Å². The SMILES string of the molecule is COc1cccc(C(CNC(=O)C(NS(=O)(=O)c2ccc(C)cc2)C(C)C)N2CCCC2)c1. The number of methoxy groups -OCH3 is 1. The van der Waals surface area contributed by atoms with Crippen LogP contribution >= 0.6 is 0 Å². The van der Waals surface area contributed by atoms with Gasteiger partial charge in [0.15, 0.2) is 0 Å². The maximum Gasteiger partial charge on any atom is 0.241 e. The smallest absolute Gasteiger partial charge is 0.241 e.